The van der Waals surface area contributed by atoms with E-state index >= 15 is 0 Å². The highest BCUT2D eigenvalue weighted by atomic mass is 16.5. The van der Waals surface area contributed by atoms with Crippen molar-refractivity contribution in [3.63, 3.8) is 0 Å². The Hall–Kier alpha value is -0.120. The Balaban J connectivity index is 2.43. The van der Waals surface area contributed by atoms with E-state index in [9.17, 15) is 0 Å². The number of hydrogen-bond acceptors (Lipinski definition) is 3. The number of nitrogens with one attached hydrogen (secondary N) is 1. The van der Waals surface area contributed by atoms with Crippen LogP contribution in [0, 0.1) is 5.92 Å². The van der Waals surface area contributed by atoms with E-state index in [0.29, 0.717) is 17.5 Å². The topological polar surface area (TPSA) is 24.5 Å². The summed E-state index contributed by atoms with van der Waals surface area (Å²) in [7, 11) is 0. The summed E-state index contributed by atoms with van der Waals surface area (Å²) in [5.74, 6) is 0.699. The van der Waals surface area contributed by atoms with E-state index in [1.165, 1.54) is 19.3 Å². The van der Waals surface area contributed by atoms with Crippen molar-refractivity contribution in [1.29, 1.82) is 0 Å². The highest BCUT2D eigenvalue weighted by Gasteiger charge is 2.36. The molecule has 2 unspecified atom stereocenters. The largest absolute Gasteiger partial charge is 0.380 e. The first kappa shape index (κ1) is 16.9. The molecule has 2 atom stereocenters. The molecule has 0 radical (unpaired) electrons. The molecule has 3 nitrogen and oxygen atoms in total. The maximum Gasteiger partial charge on any atom is 0.0593 e. The van der Waals surface area contributed by atoms with Crippen molar-refractivity contribution in [3.8, 4) is 0 Å². The molecule has 3 heteroatoms. The molecule has 1 aliphatic heterocycles. The minimum absolute atomic E-state index is 0.291. The average molecular weight is 270 g/mol. The molecule has 19 heavy (non-hydrogen) atoms. The molecule has 0 saturated carbocycles. The van der Waals surface area contributed by atoms with Gasteiger partial charge in [0.1, 0.15) is 0 Å². The van der Waals surface area contributed by atoms with Crippen LogP contribution < -0.4 is 5.32 Å². The van der Waals surface area contributed by atoms with Crippen molar-refractivity contribution in [2.45, 2.75) is 65.5 Å². The Morgan fingerprint density at radius 3 is 2.63 bits per heavy atom. The molecule has 1 N–H and O–H groups in total. The van der Waals surface area contributed by atoms with E-state index in [4.69, 9.17) is 4.74 Å². The first-order chi connectivity index (χ1) is 9.03. The Kier molecular flexibility index (Phi) is 7.33. The third kappa shape index (κ3) is 5.05. The van der Waals surface area contributed by atoms with E-state index in [1.54, 1.807) is 0 Å². The zero-order valence-electron chi connectivity index (χ0n) is 13.7. The molecule has 1 saturated heterocycles. The quantitative estimate of drug-likeness (QED) is 0.686. The summed E-state index contributed by atoms with van der Waals surface area (Å²) in [6.07, 6.45) is 3.59. The van der Waals surface area contributed by atoms with Gasteiger partial charge in [0, 0.05) is 37.8 Å². The molecule has 0 amide bonds. The Bertz CT molecular complexity index is 245. The van der Waals surface area contributed by atoms with Gasteiger partial charge in [-0.25, -0.2) is 0 Å². The standard InChI is InChI=1S/C16H34N2O/c1-6-8-10-19-11-9-18-12-15(14(3)4)17-13-16(18,5)7-2/h14-15,17H,6-13H2,1-5H3. The minimum atomic E-state index is 0.291. The molecule has 0 aromatic carbocycles. The zero-order chi connectivity index (χ0) is 14.3. The van der Waals surface area contributed by atoms with Crippen molar-refractivity contribution in [1.82, 2.24) is 10.2 Å². The molecule has 0 aromatic rings. The normalized spacial score (nSPS) is 29.1. The molecule has 1 rings (SSSR count). The first-order valence-electron chi connectivity index (χ1n) is 8.09. The van der Waals surface area contributed by atoms with Crippen molar-refractivity contribution in [2.24, 2.45) is 5.92 Å². The second-order valence-electron chi connectivity index (χ2n) is 6.49. The fourth-order valence-corrected chi connectivity index (χ4v) is 2.66. The van der Waals surface area contributed by atoms with Crippen LogP contribution in [0.3, 0.4) is 0 Å². The Morgan fingerprint density at radius 2 is 2.05 bits per heavy atom. The van der Waals surface area contributed by atoms with Gasteiger partial charge >= 0.3 is 0 Å². The van der Waals surface area contributed by atoms with Gasteiger partial charge in [0.05, 0.1) is 6.61 Å². The van der Waals surface area contributed by atoms with Crippen LogP contribution in [0.5, 0.6) is 0 Å². The molecule has 0 aromatic heterocycles. The van der Waals surface area contributed by atoms with Gasteiger partial charge in [-0.15, -0.1) is 0 Å². The van der Waals surface area contributed by atoms with Gasteiger partial charge in [0.2, 0.25) is 0 Å². The summed E-state index contributed by atoms with van der Waals surface area (Å²) in [5.41, 5.74) is 0.291. The second kappa shape index (κ2) is 8.23. The summed E-state index contributed by atoms with van der Waals surface area (Å²) in [4.78, 5) is 2.64. The zero-order valence-corrected chi connectivity index (χ0v) is 13.7. The van der Waals surface area contributed by atoms with E-state index < -0.39 is 0 Å². The lowest BCUT2D eigenvalue weighted by atomic mass is 9.89. The third-order valence-corrected chi connectivity index (χ3v) is 4.64. The van der Waals surface area contributed by atoms with Crippen LogP contribution in [-0.4, -0.2) is 49.3 Å². The van der Waals surface area contributed by atoms with Gasteiger partial charge < -0.3 is 10.1 Å². The van der Waals surface area contributed by atoms with Crippen LogP contribution in [0.2, 0.25) is 0 Å². The highest BCUT2D eigenvalue weighted by molar-refractivity contribution is 4.95. The van der Waals surface area contributed by atoms with Gasteiger partial charge in [0.15, 0.2) is 0 Å². The molecule has 0 aliphatic carbocycles. The maximum atomic E-state index is 5.75. The van der Waals surface area contributed by atoms with Crippen molar-refractivity contribution in [2.75, 3.05) is 32.8 Å². The number of hydrogen-bond donors (Lipinski definition) is 1. The van der Waals surface area contributed by atoms with Crippen LogP contribution in [-0.2, 0) is 4.74 Å². The Labute approximate surface area is 120 Å². The molecule has 1 heterocycles. The van der Waals surface area contributed by atoms with E-state index in [1.807, 2.05) is 0 Å². The minimum Gasteiger partial charge on any atom is -0.380 e. The smallest absolute Gasteiger partial charge is 0.0593 e. The molecule has 1 aliphatic rings. The summed E-state index contributed by atoms with van der Waals surface area (Å²) in [5, 5.41) is 3.72. The van der Waals surface area contributed by atoms with Crippen LogP contribution in [0.1, 0.15) is 53.9 Å². The van der Waals surface area contributed by atoms with Gasteiger partial charge in [-0.3, -0.25) is 4.90 Å². The molecule has 1 fully saturated rings. The maximum absolute atomic E-state index is 5.75. The number of unbranched alkanes of at least 4 members (excludes halogenated alkanes) is 1. The highest BCUT2D eigenvalue weighted by Crippen LogP contribution is 2.24. The molecular weight excluding hydrogens is 236 g/mol. The second-order valence-corrected chi connectivity index (χ2v) is 6.49. The summed E-state index contributed by atoms with van der Waals surface area (Å²) in [6, 6.07) is 0.621. The summed E-state index contributed by atoms with van der Waals surface area (Å²) < 4.78 is 5.75. The monoisotopic (exact) mass is 270 g/mol. The van der Waals surface area contributed by atoms with Crippen LogP contribution in [0.25, 0.3) is 0 Å². The lowest BCUT2D eigenvalue weighted by molar-refractivity contribution is 0.00990. The fourth-order valence-electron chi connectivity index (χ4n) is 2.66. The summed E-state index contributed by atoms with van der Waals surface area (Å²) in [6.45, 7) is 16.6. The van der Waals surface area contributed by atoms with E-state index in [0.717, 1.165) is 32.8 Å². The molecule has 114 valence electrons. The van der Waals surface area contributed by atoms with Crippen molar-refractivity contribution < 1.29 is 4.74 Å². The average Bonchev–Trinajstić information content (AvgIpc) is 2.40. The number of nitrogens with zero attached hydrogens (tertiary/aromatic N) is 1. The van der Waals surface area contributed by atoms with E-state index in [2.05, 4.69) is 44.8 Å². The fraction of sp³-hybridized carbons (Fsp3) is 1.00. The lowest BCUT2D eigenvalue weighted by Crippen LogP contribution is -2.64. The molecule has 0 bridgehead atoms. The van der Waals surface area contributed by atoms with Crippen LogP contribution in [0.4, 0.5) is 0 Å². The first-order valence-corrected chi connectivity index (χ1v) is 8.09. The number of piperazine rings is 1. The van der Waals surface area contributed by atoms with Gasteiger partial charge in [-0.1, -0.05) is 34.1 Å². The van der Waals surface area contributed by atoms with Gasteiger partial charge in [0.25, 0.3) is 0 Å². The summed E-state index contributed by atoms with van der Waals surface area (Å²) >= 11 is 0. The van der Waals surface area contributed by atoms with Crippen LogP contribution in [0.15, 0.2) is 0 Å². The van der Waals surface area contributed by atoms with Gasteiger partial charge in [-0.05, 0) is 25.7 Å². The predicted octanol–water partition coefficient (Wildman–Crippen LogP) is 2.90. The Morgan fingerprint density at radius 1 is 1.32 bits per heavy atom. The van der Waals surface area contributed by atoms with Crippen LogP contribution >= 0.6 is 0 Å². The third-order valence-electron chi connectivity index (χ3n) is 4.64. The number of ether oxygens (including phenoxy) is 1. The van der Waals surface area contributed by atoms with E-state index in [-0.39, 0.29) is 0 Å². The lowest BCUT2D eigenvalue weighted by Gasteiger charge is -2.49. The van der Waals surface area contributed by atoms with Crippen molar-refractivity contribution >= 4 is 0 Å². The van der Waals surface area contributed by atoms with Crippen molar-refractivity contribution in [3.05, 3.63) is 0 Å². The molecule has 0 spiro atoms. The predicted molar refractivity (Wildman–Crippen MR) is 82.6 cm³/mol. The number of rotatable bonds is 8. The SMILES string of the molecule is CCCCOCCN1CC(C(C)C)NCC1(C)CC. The molecular formula is C16H34N2O. The van der Waals surface area contributed by atoms with Gasteiger partial charge in [-0.2, -0.15) is 0 Å².